The van der Waals surface area contributed by atoms with Gasteiger partial charge in [0.05, 0.1) is 24.4 Å². The van der Waals surface area contributed by atoms with Crippen LogP contribution in [0.1, 0.15) is 35.3 Å². The number of amides is 1. The second-order valence-electron chi connectivity index (χ2n) is 11.9. The molecule has 0 saturated carbocycles. The molecule has 1 aliphatic heterocycles. The number of carbonyl (C=O) groups is 1. The van der Waals surface area contributed by atoms with E-state index in [2.05, 4.69) is 43.0 Å². The second kappa shape index (κ2) is 14.1. The number of piperidine rings is 1. The van der Waals surface area contributed by atoms with Crippen LogP contribution in [0, 0.1) is 11.8 Å². The van der Waals surface area contributed by atoms with Crippen molar-refractivity contribution in [3.05, 3.63) is 125 Å². The number of benzene rings is 4. The highest BCUT2D eigenvalue weighted by atomic mass is 35.5. The molecule has 0 bridgehead atoms. The first-order chi connectivity index (χ1) is 21.6. The van der Waals surface area contributed by atoms with Crippen molar-refractivity contribution in [3.8, 4) is 5.75 Å². The van der Waals surface area contributed by atoms with Gasteiger partial charge in [0.15, 0.2) is 0 Å². The first-order valence-corrected chi connectivity index (χ1v) is 16.9. The van der Waals surface area contributed by atoms with Gasteiger partial charge < -0.3 is 9.64 Å². The van der Waals surface area contributed by atoms with Gasteiger partial charge in [-0.1, -0.05) is 86.1 Å². The minimum Gasteiger partial charge on any atom is -0.497 e. The molecule has 2 atom stereocenters. The smallest absolute Gasteiger partial charge is 0.266 e. The van der Waals surface area contributed by atoms with Crippen LogP contribution in [0.25, 0.3) is 0 Å². The molecule has 0 spiro atoms. The van der Waals surface area contributed by atoms with Gasteiger partial charge in [-0.05, 0) is 65.4 Å². The number of methoxy groups -OCH3 is 1. The molecule has 0 aromatic heterocycles. The average Bonchev–Trinajstić information content (AvgIpc) is 3.04. The van der Waals surface area contributed by atoms with Crippen molar-refractivity contribution < 1.29 is 17.9 Å². The van der Waals surface area contributed by atoms with Crippen LogP contribution in [0.5, 0.6) is 5.75 Å². The normalized spacial score (nSPS) is 18.7. The summed E-state index contributed by atoms with van der Waals surface area (Å²) < 4.78 is 35.3. The number of carbonyl (C=O) groups excluding carboxylic acids is 1. The molecule has 4 aromatic carbocycles. The number of hydrogen-bond acceptors (Lipinski definition) is 5. The number of anilines is 1. The Morgan fingerprint density at radius 1 is 0.867 bits per heavy atom. The molecule has 1 amide bonds. The maximum atomic E-state index is 14.3. The van der Waals surface area contributed by atoms with Crippen LogP contribution in [0.2, 0.25) is 5.02 Å². The van der Waals surface area contributed by atoms with Gasteiger partial charge in [0.2, 0.25) is 0 Å². The summed E-state index contributed by atoms with van der Waals surface area (Å²) in [7, 11) is -0.813. The lowest BCUT2D eigenvalue weighted by molar-refractivity contribution is 0.0271. The van der Waals surface area contributed by atoms with E-state index < -0.39 is 10.0 Å². The Labute approximate surface area is 272 Å². The maximum absolute atomic E-state index is 14.3. The summed E-state index contributed by atoms with van der Waals surface area (Å²) in [6.45, 7) is 7.02. The first kappa shape index (κ1) is 32.5. The van der Waals surface area contributed by atoms with Gasteiger partial charge >= 0.3 is 0 Å². The summed E-state index contributed by atoms with van der Waals surface area (Å²) >= 11 is 6.57. The number of halogens is 1. The van der Waals surface area contributed by atoms with E-state index in [4.69, 9.17) is 16.3 Å². The highest BCUT2D eigenvalue weighted by molar-refractivity contribution is 7.93. The van der Waals surface area contributed by atoms with Crippen LogP contribution < -0.4 is 9.04 Å². The fourth-order valence-corrected chi connectivity index (χ4v) is 8.46. The molecule has 9 heteroatoms. The molecule has 1 heterocycles. The Kier molecular flexibility index (Phi) is 10.2. The summed E-state index contributed by atoms with van der Waals surface area (Å²) in [5.74, 6) is 0.818. The SMILES string of the molecule is COc1ccc(N(Cc2ccccc2)S(=O)(=O)c2cc(C(=O)N(C)C3C(C)CN(Cc4ccccc4)CC3C)ccc2Cl)cc1. The molecule has 4 aromatic rings. The zero-order valence-corrected chi connectivity index (χ0v) is 27.7. The van der Waals surface area contributed by atoms with Crippen molar-refractivity contribution in [1.29, 1.82) is 0 Å². The fraction of sp³-hybridized carbons (Fsp3) is 0.306. The molecule has 1 saturated heterocycles. The molecule has 2 unspecified atom stereocenters. The molecular weight excluding hydrogens is 606 g/mol. The third kappa shape index (κ3) is 7.35. The van der Waals surface area contributed by atoms with Gasteiger partial charge in [0, 0.05) is 38.3 Å². The van der Waals surface area contributed by atoms with E-state index in [0.29, 0.717) is 11.4 Å². The lowest BCUT2D eigenvalue weighted by Gasteiger charge is -2.45. The first-order valence-electron chi connectivity index (χ1n) is 15.1. The molecule has 0 radical (unpaired) electrons. The lowest BCUT2D eigenvalue weighted by Crippen LogP contribution is -2.55. The Hall–Kier alpha value is -3.85. The van der Waals surface area contributed by atoms with Crippen LogP contribution >= 0.6 is 11.6 Å². The number of hydrogen-bond donors (Lipinski definition) is 0. The van der Waals surface area contributed by atoms with Crippen LogP contribution in [-0.4, -0.2) is 57.4 Å². The van der Waals surface area contributed by atoms with E-state index in [9.17, 15) is 13.2 Å². The molecule has 0 aliphatic carbocycles. The van der Waals surface area contributed by atoms with Crippen molar-refractivity contribution in [1.82, 2.24) is 9.80 Å². The highest BCUT2D eigenvalue weighted by Crippen LogP contribution is 2.33. The van der Waals surface area contributed by atoms with E-state index >= 15 is 0 Å². The van der Waals surface area contributed by atoms with E-state index in [0.717, 1.165) is 25.2 Å². The summed E-state index contributed by atoms with van der Waals surface area (Å²) in [6, 6.07) is 31.1. The van der Waals surface area contributed by atoms with Gasteiger partial charge in [0.25, 0.3) is 15.9 Å². The predicted molar refractivity (Wildman–Crippen MR) is 180 cm³/mol. The largest absolute Gasteiger partial charge is 0.497 e. The summed E-state index contributed by atoms with van der Waals surface area (Å²) in [5.41, 5.74) is 2.81. The van der Waals surface area contributed by atoms with Crippen LogP contribution in [0.15, 0.2) is 108 Å². The van der Waals surface area contributed by atoms with Gasteiger partial charge in [0.1, 0.15) is 10.6 Å². The molecule has 45 heavy (non-hydrogen) atoms. The van der Waals surface area contributed by atoms with Gasteiger partial charge in [-0.15, -0.1) is 0 Å². The van der Waals surface area contributed by atoms with E-state index in [-0.39, 0.29) is 45.8 Å². The number of nitrogens with zero attached hydrogens (tertiary/aromatic N) is 3. The monoisotopic (exact) mass is 645 g/mol. The maximum Gasteiger partial charge on any atom is 0.266 e. The summed E-state index contributed by atoms with van der Waals surface area (Å²) in [6.07, 6.45) is 0. The minimum absolute atomic E-state index is 0.00543. The van der Waals surface area contributed by atoms with Crippen molar-refractivity contribution in [3.63, 3.8) is 0 Å². The van der Waals surface area contributed by atoms with Gasteiger partial charge in [-0.2, -0.15) is 0 Å². The van der Waals surface area contributed by atoms with Crippen molar-refractivity contribution in [2.45, 2.75) is 37.9 Å². The van der Waals surface area contributed by atoms with Crippen molar-refractivity contribution in [2.75, 3.05) is 31.6 Å². The number of sulfonamides is 1. The third-order valence-corrected chi connectivity index (χ3v) is 10.8. The molecule has 5 rings (SSSR count). The summed E-state index contributed by atoms with van der Waals surface area (Å²) in [4.78, 5) is 18.0. The Balaban J connectivity index is 1.41. The molecule has 1 fully saturated rings. The Morgan fingerprint density at radius 2 is 1.44 bits per heavy atom. The van der Waals surface area contributed by atoms with Crippen molar-refractivity contribution in [2.24, 2.45) is 11.8 Å². The predicted octanol–water partition coefficient (Wildman–Crippen LogP) is 6.97. The van der Waals surface area contributed by atoms with Gasteiger partial charge in [-0.3, -0.25) is 14.0 Å². The van der Waals surface area contributed by atoms with Crippen LogP contribution in [0.3, 0.4) is 0 Å². The molecular formula is C36H40ClN3O4S. The van der Waals surface area contributed by atoms with E-state index in [1.807, 2.05) is 43.4 Å². The molecule has 236 valence electrons. The Morgan fingerprint density at radius 3 is 2.02 bits per heavy atom. The highest BCUT2D eigenvalue weighted by Gasteiger charge is 2.37. The standard InChI is InChI=1S/C36H40ClN3O4S/c1-26-22-39(24-28-11-7-5-8-12-28)23-27(2)35(26)38(3)36(41)30-15-20-33(37)34(21-30)45(42,43)40(25-29-13-9-6-10-14-29)31-16-18-32(44-4)19-17-31/h5-21,26-27,35H,22-25H2,1-4H3. The number of ether oxygens (including phenoxy) is 1. The average molecular weight is 646 g/mol. The van der Waals surface area contributed by atoms with Crippen molar-refractivity contribution >= 4 is 33.2 Å². The molecule has 7 nitrogen and oxygen atoms in total. The topological polar surface area (TPSA) is 70.2 Å². The van der Waals surface area contributed by atoms with Crippen LogP contribution in [0.4, 0.5) is 5.69 Å². The fourth-order valence-electron chi connectivity index (χ4n) is 6.50. The molecule has 1 aliphatic rings. The lowest BCUT2D eigenvalue weighted by atomic mass is 9.84. The Bertz CT molecular complexity index is 1690. The minimum atomic E-state index is -4.18. The summed E-state index contributed by atoms with van der Waals surface area (Å²) in [5, 5.41) is 0.0525. The zero-order valence-electron chi connectivity index (χ0n) is 26.1. The number of likely N-dealkylation sites (tertiary alicyclic amines) is 1. The second-order valence-corrected chi connectivity index (χ2v) is 14.1. The van der Waals surface area contributed by atoms with Crippen LogP contribution in [-0.2, 0) is 23.1 Å². The van der Waals surface area contributed by atoms with Gasteiger partial charge in [-0.25, -0.2) is 8.42 Å². The van der Waals surface area contributed by atoms with E-state index in [1.165, 1.54) is 22.0 Å². The molecule has 0 N–H and O–H groups in total. The quantitative estimate of drug-likeness (QED) is 0.186. The van der Waals surface area contributed by atoms with E-state index in [1.54, 1.807) is 42.3 Å². The third-order valence-electron chi connectivity index (χ3n) is 8.55. The number of rotatable bonds is 10. The zero-order chi connectivity index (χ0) is 32.1.